The highest BCUT2D eigenvalue weighted by Crippen LogP contribution is 2.28. The zero-order chi connectivity index (χ0) is 14.7. The Kier molecular flexibility index (Phi) is 5.11. The van der Waals surface area contributed by atoms with Crippen molar-refractivity contribution in [1.29, 1.82) is 0 Å². The summed E-state index contributed by atoms with van der Waals surface area (Å²) in [5, 5.41) is 5.19. The molecule has 20 heavy (non-hydrogen) atoms. The van der Waals surface area contributed by atoms with Gasteiger partial charge in [-0.05, 0) is 53.9 Å². The molecular weight excluding hydrogens is 340 g/mol. The van der Waals surface area contributed by atoms with Crippen molar-refractivity contribution in [3.05, 3.63) is 44.6 Å². The van der Waals surface area contributed by atoms with Crippen molar-refractivity contribution < 1.29 is 4.74 Å². The largest absolute Gasteiger partial charge is 0.486 e. The summed E-state index contributed by atoms with van der Waals surface area (Å²) in [6.45, 7) is 7.45. The molecule has 3 nitrogen and oxygen atoms in total. The topological polar surface area (TPSA) is 27.1 Å². The third-order valence-electron chi connectivity index (χ3n) is 3.15. The fourth-order valence-electron chi connectivity index (χ4n) is 2.02. The molecule has 108 valence electrons. The maximum absolute atomic E-state index is 6.15. The van der Waals surface area contributed by atoms with Crippen molar-refractivity contribution in [3.8, 4) is 5.75 Å². The normalized spacial score (nSPS) is 10.8. The van der Waals surface area contributed by atoms with Crippen molar-refractivity contribution in [3.63, 3.8) is 0 Å². The van der Waals surface area contributed by atoms with Gasteiger partial charge >= 0.3 is 0 Å². The summed E-state index contributed by atoms with van der Waals surface area (Å²) in [6, 6.07) is 5.77. The lowest BCUT2D eigenvalue weighted by Gasteiger charge is -2.10. The van der Waals surface area contributed by atoms with Crippen LogP contribution in [-0.4, -0.2) is 9.78 Å². The van der Waals surface area contributed by atoms with Gasteiger partial charge in [-0.3, -0.25) is 4.68 Å². The van der Waals surface area contributed by atoms with E-state index in [0.29, 0.717) is 17.4 Å². The van der Waals surface area contributed by atoms with E-state index in [4.69, 9.17) is 16.3 Å². The number of halogens is 2. The predicted molar refractivity (Wildman–Crippen MR) is 85.5 cm³/mol. The van der Waals surface area contributed by atoms with Crippen molar-refractivity contribution in [2.45, 2.75) is 40.3 Å². The molecule has 2 rings (SSSR count). The van der Waals surface area contributed by atoms with Gasteiger partial charge in [-0.2, -0.15) is 5.10 Å². The van der Waals surface area contributed by atoms with Crippen molar-refractivity contribution >= 4 is 27.5 Å². The standard InChI is InChI=1S/C15H18BrClN2O/c1-4-12-15(16)13(19(5-2)18-12)9-20-14-8-10(3)6-7-11(14)17/h6-8H,4-5,9H2,1-3H3. The zero-order valence-electron chi connectivity index (χ0n) is 11.9. The van der Waals surface area contributed by atoms with E-state index in [1.54, 1.807) is 0 Å². The van der Waals surface area contributed by atoms with Crippen LogP contribution in [-0.2, 0) is 19.6 Å². The number of aryl methyl sites for hydroxylation is 3. The van der Waals surface area contributed by atoms with Gasteiger partial charge < -0.3 is 4.74 Å². The van der Waals surface area contributed by atoms with Gasteiger partial charge in [-0.25, -0.2) is 0 Å². The van der Waals surface area contributed by atoms with Crippen LogP contribution in [0, 0.1) is 6.92 Å². The highest BCUT2D eigenvalue weighted by atomic mass is 79.9. The predicted octanol–water partition coefficient (Wildman–Crippen LogP) is 4.77. The van der Waals surface area contributed by atoms with Crippen molar-refractivity contribution in [1.82, 2.24) is 9.78 Å². The Morgan fingerprint density at radius 3 is 2.75 bits per heavy atom. The van der Waals surface area contributed by atoms with Crippen LogP contribution in [0.1, 0.15) is 30.8 Å². The zero-order valence-corrected chi connectivity index (χ0v) is 14.3. The van der Waals surface area contributed by atoms with Gasteiger partial charge in [0.25, 0.3) is 0 Å². The van der Waals surface area contributed by atoms with Gasteiger partial charge in [-0.1, -0.05) is 24.6 Å². The molecule has 5 heteroatoms. The van der Waals surface area contributed by atoms with Crippen LogP contribution >= 0.6 is 27.5 Å². The second-order valence-corrected chi connectivity index (χ2v) is 5.80. The molecule has 0 saturated carbocycles. The summed E-state index contributed by atoms with van der Waals surface area (Å²) in [6.07, 6.45) is 0.895. The van der Waals surface area contributed by atoms with Gasteiger partial charge in [0.15, 0.2) is 0 Å². The lowest BCUT2D eigenvalue weighted by Crippen LogP contribution is -2.07. The lowest BCUT2D eigenvalue weighted by molar-refractivity contribution is 0.291. The van der Waals surface area contributed by atoms with E-state index < -0.39 is 0 Å². The Bertz CT molecular complexity index is 610. The molecule has 0 aliphatic heterocycles. The summed E-state index contributed by atoms with van der Waals surface area (Å²) in [5.41, 5.74) is 3.23. The lowest BCUT2D eigenvalue weighted by atomic mass is 10.2. The van der Waals surface area contributed by atoms with E-state index in [1.807, 2.05) is 29.8 Å². The van der Waals surface area contributed by atoms with E-state index in [0.717, 1.165) is 34.4 Å². The molecule has 0 saturated heterocycles. The van der Waals surface area contributed by atoms with Gasteiger partial charge in [0.2, 0.25) is 0 Å². The average molecular weight is 358 g/mol. The van der Waals surface area contributed by atoms with Crippen LogP contribution in [0.4, 0.5) is 0 Å². The highest BCUT2D eigenvalue weighted by molar-refractivity contribution is 9.10. The molecule has 0 aliphatic rings. The third kappa shape index (κ3) is 3.18. The number of benzene rings is 1. The fraction of sp³-hybridized carbons (Fsp3) is 0.400. The van der Waals surface area contributed by atoms with Gasteiger partial charge in [-0.15, -0.1) is 0 Å². The summed E-state index contributed by atoms with van der Waals surface area (Å²) in [7, 11) is 0. The molecular formula is C15H18BrClN2O. The molecule has 0 radical (unpaired) electrons. The molecule has 0 atom stereocenters. The first-order chi connectivity index (χ1) is 9.56. The van der Waals surface area contributed by atoms with E-state index >= 15 is 0 Å². The Labute approximate surface area is 133 Å². The summed E-state index contributed by atoms with van der Waals surface area (Å²) >= 11 is 9.76. The average Bonchev–Trinajstić information content (AvgIpc) is 2.75. The van der Waals surface area contributed by atoms with Crippen LogP contribution in [0.5, 0.6) is 5.75 Å². The number of hydrogen-bond acceptors (Lipinski definition) is 2. The molecule has 0 spiro atoms. The molecule has 2 aromatic rings. The van der Waals surface area contributed by atoms with Crippen LogP contribution in [0.2, 0.25) is 5.02 Å². The second-order valence-electron chi connectivity index (χ2n) is 4.60. The van der Waals surface area contributed by atoms with Gasteiger partial charge in [0, 0.05) is 6.54 Å². The first-order valence-electron chi connectivity index (χ1n) is 6.69. The third-order valence-corrected chi connectivity index (χ3v) is 4.37. The van der Waals surface area contributed by atoms with E-state index in [-0.39, 0.29) is 0 Å². The maximum Gasteiger partial charge on any atom is 0.138 e. The first kappa shape index (κ1) is 15.4. The Morgan fingerprint density at radius 2 is 2.10 bits per heavy atom. The van der Waals surface area contributed by atoms with Crippen LogP contribution in [0.15, 0.2) is 22.7 Å². The fourth-order valence-corrected chi connectivity index (χ4v) is 2.87. The monoisotopic (exact) mass is 356 g/mol. The number of rotatable bonds is 5. The van der Waals surface area contributed by atoms with Crippen molar-refractivity contribution in [2.24, 2.45) is 0 Å². The second kappa shape index (κ2) is 6.64. The first-order valence-corrected chi connectivity index (χ1v) is 7.86. The van der Waals surface area contributed by atoms with Crippen LogP contribution < -0.4 is 4.74 Å². The molecule has 1 aromatic carbocycles. The van der Waals surface area contributed by atoms with E-state index in [2.05, 4.69) is 34.9 Å². The van der Waals surface area contributed by atoms with Gasteiger partial charge in [0.05, 0.1) is 20.9 Å². The molecule has 1 heterocycles. The van der Waals surface area contributed by atoms with Crippen LogP contribution in [0.25, 0.3) is 0 Å². The Balaban J connectivity index is 2.22. The number of hydrogen-bond donors (Lipinski definition) is 0. The minimum absolute atomic E-state index is 0.449. The summed E-state index contributed by atoms with van der Waals surface area (Å²) in [5.74, 6) is 0.709. The SMILES string of the molecule is CCc1nn(CC)c(COc2cc(C)ccc2Cl)c1Br. The molecule has 0 unspecified atom stereocenters. The number of nitrogens with zero attached hydrogens (tertiary/aromatic N) is 2. The minimum atomic E-state index is 0.449. The smallest absolute Gasteiger partial charge is 0.138 e. The summed E-state index contributed by atoms with van der Waals surface area (Å²) < 4.78 is 8.86. The Morgan fingerprint density at radius 1 is 1.35 bits per heavy atom. The van der Waals surface area contributed by atoms with Gasteiger partial charge in [0.1, 0.15) is 12.4 Å². The minimum Gasteiger partial charge on any atom is -0.486 e. The number of ether oxygens (including phenoxy) is 1. The number of aromatic nitrogens is 2. The van der Waals surface area contributed by atoms with Crippen LogP contribution in [0.3, 0.4) is 0 Å². The Hall–Kier alpha value is -1.000. The van der Waals surface area contributed by atoms with Crippen molar-refractivity contribution in [2.75, 3.05) is 0 Å². The molecule has 0 bridgehead atoms. The van der Waals surface area contributed by atoms with E-state index in [1.165, 1.54) is 0 Å². The maximum atomic E-state index is 6.15. The highest BCUT2D eigenvalue weighted by Gasteiger charge is 2.14. The molecule has 0 N–H and O–H groups in total. The summed E-state index contributed by atoms with van der Waals surface area (Å²) in [4.78, 5) is 0. The molecule has 0 amide bonds. The quantitative estimate of drug-likeness (QED) is 0.771. The molecule has 0 aliphatic carbocycles. The van der Waals surface area contributed by atoms with E-state index in [9.17, 15) is 0 Å². The molecule has 0 fully saturated rings. The molecule has 1 aromatic heterocycles.